The maximum absolute atomic E-state index is 12.6. The van der Waals surface area contributed by atoms with E-state index < -0.39 is 15.6 Å². The van der Waals surface area contributed by atoms with Crippen molar-refractivity contribution < 1.29 is 8.42 Å². The van der Waals surface area contributed by atoms with Crippen LogP contribution in [-0.4, -0.2) is 30.2 Å². The second-order valence-electron chi connectivity index (χ2n) is 6.41. The third-order valence-corrected chi connectivity index (χ3v) is 4.93. The molecule has 122 valence electrons. The number of nitrogens with zero attached hydrogens (tertiary/aromatic N) is 1. The summed E-state index contributed by atoms with van der Waals surface area (Å²) in [5.74, 6) is 0. The molecule has 0 unspecified atom stereocenters. The Balaban J connectivity index is 3.03. The molecule has 0 atom stereocenters. The fraction of sp³-hybridized carbons (Fsp3) is 0.786. The number of hydrogen-bond donors (Lipinski definition) is 3. The van der Waals surface area contributed by atoms with Gasteiger partial charge in [0.25, 0.3) is 10.0 Å². The lowest BCUT2D eigenvalue weighted by Gasteiger charge is -2.25. The lowest BCUT2D eigenvalue weighted by atomic mass is 10.0. The molecule has 6 nitrogen and oxygen atoms in total. The molecule has 1 heterocycles. The molecule has 0 amide bonds. The fourth-order valence-electron chi connectivity index (χ4n) is 2.25. The number of aromatic amines is 1. The van der Waals surface area contributed by atoms with Gasteiger partial charge >= 0.3 is 0 Å². The highest BCUT2D eigenvalue weighted by atomic mass is 32.2. The van der Waals surface area contributed by atoms with Crippen LogP contribution in [0.5, 0.6) is 0 Å². The van der Waals surface area contributed by atoms with Crippen molar-refractivity contribution in [2.45, 2.75) is 77.5 Å². The Bertz CT molecular complexity index is 562. The van der Waals surface area contributed by atoms with Crippen molar-refractivity contribution >= 4 is 10.0 Å². The minimum atomic E-state index is -3.63. The summed E-state index contributed by atoms with van der Waals surface area (Å²) in [6.45, 7) is 12.2. The van der Waals surface area contributed by atoms with Crippen molar-refractivity contribution in [3.63, 3.8) is 0 Å². The first-order valence-electron chi connectivity index (χ1n) is 7.40. The average molecular weight is 316 g/mol. The van der Waals surface area contributed by atoms with E-state index in [9.17, 15) is 8.42 Å². The van der Waals surface area contributed by atoms with Crippen molar-refractivity contribution in [3.8, 4) is 0 Å². The van der Waals surface area contributed by atoms with Crippen LogP contribution < -0.4 is 10.0 Å². The van der Waals surface area contributed by atoms with Gasteiger partial charge in [0, 0.05) is 29.4 Å². The van der Waals surface area contributed by atoms with Gasteiger partial charge in [0.1, 0.15) is 0 Å². The molecular weight excluding hydrogens is 288 g/mol. The molecule has 0 aliphatic carbocycles. The molecular formula is C14H28N4O2S. The van der Waals surface area contributed by atoms with E-state index >= 15 is 0 Å². The van der Waals surface area contributed by atoms with Crippen LogP contribution >= 0.6 is 0 Å². The fourth-order valence-corrected chi connectivity index (χ4v) is 3.90. The summed E-state index contributed by atoms with van der Waals surface area (Å²) >= 11 is 0. The molecule has 1 aromatic heterocycles. The number of rotatable bonds is 8. The van der Waals surface area contributed by atoms with Gasteiger partial charge in [-0.05, 0) is 27.2 Å². The Labute approximate surface area is 128 Å². The van der Waals surface area contributed by atoms with Gasteiger partial charge in [0.15, 0.2) is 5.03 Å². The third-order valence-electron chi connectivity index (χ3n) is 3.26. The van der Waals surface area contributed by atoms with E-state index in [0.29, 0.717) is 12.1 Å². The number of sulfonamides is 1. The topological polar surface area (TPSA) is 86.9 Å². The number of H-pyrrole nitrogens is 1. The molecule has 7 heteroatoms. The third kappa shape index (κ3) is 5.09. The molecule has 0 fully saturated rings. The van der Waals surface area contributed by atoms with Gasteiger partial charge in [0.05, 0.1) is 0 Å². The van der Waals surface area contributed by atoms with Gasteiger partial charge in [0.2, 0.25) is 0 Å². The van der Waals surface area contributed by atoms with Crippen molar-refractivity contribution in [2.24, 2.45) is 0 Å². The molecule has 0 aliphatic heterocycles. The molecule has 0 aliphatic rings. The van der Waals surface area contributed by atoms with Crippen LogP contribution in [0.1, 0.15) is 58.7 Å². The minimum Gasteiger partial charge on any atom is -0.310 e. The Morgan fingerprint density at radius 3 is 2.48 bits per heavy atom. The zero-order valence-electron chi connectivity index (χ0n) is 13.9. The molecule has 1 aromatic rings. The van der Waals surface area contributed by atoms with Crippen molar-refractivity contribution in [1.29, 1.82) is 0 Å². The van der Waals surface area contributed by atoms with E-state index in [2.05, 4.69) is 20.2 Å². The van der Waals surface area contributed by atoms with Gasteiger partial charge in [-0.1, -0.05) is 27.2 Å². The summed E-state index contributed by atoms with van der Waals surface area (Å²) in [5, 5.41) is 10.1. The summed E-state index contributed by atoms with van der Waals surface area (Å²) in [6, 6.07) is 0.277. The average Bonchev–Trinajstić information content (AvgIpc) is 2.67. The van der Waals surface area contributed by atoms with Crippen LogP contribution in [0.4, 0.5) is 0 Å². The van der Waals surface area contributed by atoms with E-state index in [0.717, 1.165) is 18.5 Å². The minimum absolute atomic E-state index is 0.0947. The highest BCUT2D eigenvalue weighted by molar-refractivity contribution is 7.89. The quantitative estimate of drug-likeness (QED) is 0.685. The van der Waals surface area contributed by atoms with Gasteiger partial charge < -0.3 is 5.32 Å². The first-order chi connectivity index (χ1) is 9.59. The van der Waals surface area contributed by atoms with Crippen LogP contribution in [0.15, 0.2) is 5.03 Å². The summed E-state index contributed by atoms with van der Waals surface area (Å²) in [4.78, 5) is 0. The largest absolute Gasteiger partial charge is 0.310 e. The number of aryl methyl sites for hydroxylation is 1. The number of aromatic nitrogens is 2. The van der Waals surface area contributed by atoms with E-state index in [1.165, 1.54) is 0 Å². The lowest BCUT2D eigenvalue weighted by Crippen LogP contribution is -2.43. The maximum Gasteiger partial charge on any atom is 0.260 e. The number of nitrogens with one attached hydrogen (secondary N) is 3. The zero-order valence-corrected chi connectivity index (χ0v) is 14.7. The molecule has 0 aromatic carbocycles. The maximum atomic E-state index is 12.6. The molecule has 3 N–H and O–H groups in total. The highest BCUT2D eigenvalue weighted by Gasteiger charge is 2.30. The first-order valence-corrected chi connectivity index (χ1v) is 8.88. The van der Waals surface area contributed by atoms with Gasteiger partial charge in [-0.3, -0.25) is 5.10 Å². The Hall–Kier alpha value is -0.920. The first kappa shape index (κ1) is 18.1. The van der Waals surface area contributed by atoms with E-state index in [1.807, 2.05) is 41.5 Å². The molecule has 0 radical (unpaired) electrons. The van der Waals surface area contributed by atoms with E-state index in [4.69, 9.17) is 0 Å². The standard InChI is InChI=1S/C14H28N4O2S/c1-7-8-14(5,6)18-21(19,20)13-12(9-15-10(2)3)11(4)16-17-13/h10,15,18H,7-9H2,1-6H3,(H,16,17). The molecule has 0 bridgehead atoms. The molecule has 0 saturated carbocycles. The van der Waals surface area contributed by atoms with Crippen LogP contribution in [0.3, 0.4) is 0 Å². The van der Waals surface area contributed by atoms with Crippen molar-refractivity contribution in [3.05, 3.63) is 11.3 Å². The Morgan fingerprint density at radius 2 is 1.95 bits per heavy atom. The van der Waals surface area contributed by atoms with Crippen molar-refractivity contribution in [1.82, 2.24) is 20.2 Å². The smallest absolute Gasteiger partial charge is 0.260 e. The second-order valence-corrected chi connectivity index (χ2v) is 8.00. The van der Waals surface area contributed by atoms with Crippen molar-refractivity contribution in [2.75, 3.05) is 0 Å². The monoisotopic (exact) mass is 316 g/mol. The normalized spacial score (nSPS) is 13.1. The van der Waals surface area contributed by atoms with Crippen LogP contribution in [0.25, 0.3) is 0 Å². The molecule has 0 saturated heterocycles. The second kappa shape index (κ2) is 6.89. The summed E-state index contributed by atoms with van der Waals surface area (Å²) in [6.07, 6.45) is 1.69. The number of hydrogen-bond acceptors (Lipinski definition) is 4. The molecule has 21 heavy (non-hydrogen) atoms. The predicted octanol–water partition coefficient (Wildman–Crippen LogP) is 2.07. The lowest BCUT2D eigenvalue weighted by molar-refractivity contribution is 0.416. The zero-order chi connectivity index (χ0) is 16.3. The van der Waals surface area contributed by atoms with Gasteiger partial charge in [-0.2, -0.15) is 5.10 Å². The van der Waals surface area contributed by atoms with Gasteiger partial charge in [-0.25, -0.2) is 13.1 Å². The molecule has 1 rings (SSSR count). The SMILES string of the molecule is CCCC(C)(C)NS(=O)(=O)c1n[nH]c(C)c1CNC(C)C. The summed E-state index contributed by atoms with van der Waals surface area (Å²) < 4.78 is 27.9. The van der Waals surface area contributed by atoms with Gasteiger partial charge in [-0.15, -0.1) is 0 Å². The van der Waals surface area contributed by atoms with Crippen LogP contribution in [-0.2, 0) is 16.6 Å². The van der Waals surface area contributed by atoms with Crippen LogP contribution in [0.2, 0.25) is 0 Å². The highest BCUT2D eigenvalue weighted by Crippen LogP contribution is 2.20. The molecule has 0 spiro atoms. The summed E-state index contributed by atoms with van der Waals surface area (Å²) in [7, 11) is -3.63. The van der Waals surface area contributed by atoms with E-state index in [-0.39, 0.29) is 11.1 Å². The Morgan fingerprint density at radius 1 is 1.33 bits per heavy atom. The Kier molecular flexibility index (Phi) is 5.95. The van der Waals surface area contributed by atoms with Crippen LogP contribution in [0, 0.1) is 6.92 Å². The predicted molar refractivity (Wildman–Crippen MR) is 84.6 cm³/mol. The summed E-state index contributed by atoms with van der Waals surface area (Å²) in [5.41, 5.74) is 0.990. The van der Waals surface area contributed by atoms with E-state index in [1.54, 1.807) is 0 Å².